The van der Waals surface area contributed by atoms with Crippen LogP contribution in [0, 0.1) is 13.8 Å². The Morgan fingerprint density at radius 3 is 2.10 bits per heavy atom. The van der Waals surface area contributed by atoms with Crippen molar-refractivity contribution in [1.82, 2.24) is 10.2 Å². The quantitative estimate of drug-likeness (QED) is 0.299. The second-order valence-corrected chi connectivity index (χ2v) is 12.1. The molecule has 220 valence electrons. The Morgan fingerprint density at radius 1 is 0.902 bits per heavy atom. The number of carbonyl (C=O) groups excluding carboxylic acids is 2. The molecule has 9 heteroatoms. The van der Waals surface area contributed by atoms with Gasteiger partial charge in [0.2, 0.25) is 11.8 Å². The van der Waals surface area contributed by atoms with Crippen molar-refractivity contribution in [2.45, 2.75) is 71.0 Å². The van der Waals surface area contributed by atoms with E-state index in [-0.39, 0.29) is 23.4 Å². The molecule has 41 heavy (non-hydrogen) atoms. The third kappa shape index (κ3) is 7.88. The van der Waals surface area contributed by atoms with Crippen LogP contribution in [0.5, 0.6) is 5.75 Å². The number of rotatable bonds is 13. The number of hydrogen-bond donors (Lipinski definition) is 1. The standard InChI is InChI=1S/C32H41N3O5S/c1-7-25(5)33-32(37)30(8-2)34(21-26-12-10-9-11-24(26)4)31(36)22-35(27-15-13-23(3)14-16-27)41(38,39)29-19-17-28(40-6)18-20-29/h9-20,25,30H,7-8,21-22H2,1-6H3,(H,33,37)/t25-,30-/m1/s1. The first kappa shape index (κ1) is 31.7. The zero-order chi connectivity index (χ0) is 30.2. The molecule has 0 radical (unpaired) electrons. The summed E-state index contributed by atoms with van der Waals surface area (Å²) < 4.78 is 34.3. The van der Waals surface area contributed by atoms with Gasteiger partial charge in [-0.15, -0.1) is 0 Å². The van der Waals surface area contributed by atoms with Gasteiger partial charge in [0.15, 0.2) is 0 Å². The summed E-state index contributed by atoms with van der Waals surface area (Å²) in [6, 6.07) is 19.8. The highest BCUT2D eigenvalue weighted by atomic mass is 32.2. The maximum absolute atomic E-state index is 14.2. The zero-order valence-electron chi connectivity index (χ0n) is 24.8. The van der Waals surface area contributed by atoms with E-state index in [4.69, 9.17) is 4.74 Å². The molecule has 3 aromatic rings. The number of amides is 2. The fraction of sp³-hybridized carbons (Fsp3) is 0.375. The van der Waals surface area contributed by atoms with Crippen molar-refractivity contribution in [2.24, 2.45) is 0 Å². The summed E-state index contributed by atoms with van der Waals surface area (Å²) in [5.41, 5.74) is 3.17. The molecule has 0 aromatic heterocycles. The minimum absolute atomic E-state index is 0.0266. The molecule has 0 fully saturated rings. The van der Waals surface area contributed by atoms with E-state index < -0.39 is 28.5 Å². The van der Waals surface area contributed by atoms with Crippen molar-refractivity contribution in [2.75, 3.05) is 18.0 Å². The average Bonchev–Trinajstić information content (AvgIpc) is 2.97. The van der Waals surface area contributed by atoms with Crippen molar-refractivity contribution < 1.29 is 22.7 Å². The van der Waals surface area contributed by atoms with E-state index in [2.05, 4.69) is 5.32 Å². The first-order chi connectivity index (χ1) is 19.5. The molecule has 0 spiro atoms. The van der Waals surface area contributed by atoms with Crippen molar-refractivity contribution >= 4 is 27.5 Å². The molecule has 3 aromatic carbocycles. The number of ether oxygens (including phenoxy) is 1. The third-order valence-electron chi connectivity index (χ3n) is 7.24. The molecule has 0 aliphatic heterocycles. The minimum Gasteiger partial charge on any atom is -0.497 e. The first-order valence-corrected chi connectivity index (χ1v) is 15.3. The Morgan fingerprint density at radius 2 is 1.54 bits per heavy atom. The van der Waals surface area contributed by atoms with E-state index in [1.54, 1.807) is 36.4 Å². The van der Waals surface area contributed by atoms with Gasteiger partial charge in [0.1, 0.15) is 18.3 Å². The number of hydrogen-bond acceptors (Lipinski definition) is 5. The predicted octanol–water partition coefficient (Wildman–Crippen LogP) is 5.23. The number of benzene rings is 3. The van der Waals surface area contributed by atoms with E-state index in [0.717, 1.165) is 27.4 Å². The van der Waals surface area contributed by atoms with Gasteiger partial charge in [0, 0.05) is 12.6 Å². The zero-order valence-corrected chi connectivity index (χ0v) is 25.6. The van der Waals surface area contributed by atoms with Crippen LogP contribution in [0.4, 0.5) is 5.69 Å². The summed E-state index contributed by atoms with van der Waals surface area (Å²) in [5, 5.41) is 3.00. The van der Waals surface area contributed by atoms with Gasteiger partial charge < -0.3 is 15.0 Å². The lowest BCUT2D eigenvalue weighted by molar-refractivity contribution is -0.140. The summed E-state index contributed by atoms with van der Waals surface area (Å²) in [4.78, 5) is 29.1. The molecule has 0 unspecified atom stereocenters. The Hall–Kier alpha value is -3.85. The van der Waals surface area contributed by atoms with Crippen molar-refractivity contribution in [3.05, 3.63) is 89.5 Å². The van der Waals surface area contributed by atoms with Gasteiger partial charge >= 0.3 is 0 Å². The van der Waals surface area contributed by atoms with Gasteiger partial charge in [0.05, 0.1) is 17.7 Å². The second kappa shape index (κ2) is 14.2. The molecule has 0 heterocycles. The molecule has 0 saturated heterocycles. The Labute approximate surface area is 244 Å². The average molecular weight is 580 g/mol. The number of aryl methyl sites for hydroxylation is 2. The lowest BCUT2D eigenvalue weighted by Gasteiger charge is -2.34. The lowest BCUT2D eigenvalue weighted by atomic mass is 10.1. The van der Waals surface area contributed by atoms with Gasteiger partial charge in [0.25, 0.3) is 10.0 Å². The fourth-order valence-electron chi connectivity index (χ4n) is 4.45. The Kier molecular flexibility index (Phi) is 10.9. The molecule has 0 bridgehead atoms. The second-order valence-electron chi connectivity index (χ2n) is 10.2. The van der Waals surface area contributed by atoms with Crippen LogP contribution in [0.2, 0.25) is 0 Å². The summed E-state index contributed by atoms with van der Waals surface area (Å²) in [6.07, 6.45) is 1.12. The summed E-state index contributed by atoms with van der Waals surface area (Å²) in [5.74, 6) is -0.217. The van der Waals surface area contributed by atoms with Crippen LogP contribution in [0.3, 0.4) is 0 Å². The SMILES string of the molecule is CC[C@@H](C)NC(=O)[C@@H](CC)N(Cc1ccccc1C)C(=O)CN(c1ccc(C)cc1)S(=O)(=O)c1ccc(OC)cc1. The maximum Gasteiger partial charge on any atom is 0.264 e. The topological polar surface area (TPSA) is 96.0 Å². The van der Waals surface area contributed by atoms with Gasteiger partial charge in [-0.1, -0.05) is 55.8 Å². The normalized spacial score (nSPS) is 12.7. The molecule has 3 rings (SSSR count). The summed E-state index contributed by atoms with van der Waals surface area (Å²) >= 11 is 0. The summed E-state index contributed by atoms with van der Waals surface area (Å²) in [6.45, 7) is 9.29. The van der Waals surface area contributed by atoms with E-state index in [0.29, 0.717) is 17.9 Å². The van der Waals surface area contributed by atoms with Crippen LogP contribution in [-0.2, 0) is 26.2 Å². The number of carbonyl (C=O) groups is 2. The highest BCUT2D eigenvalue weighted by molar-refractivity contribution is 7.92. The van der Waals surface area contributed by atoms with Crippen LogP contribution < -0.4 is 14.4 Å². The smallest absolute Gasteiger partial charge is 0.264 e. The molecule has 2 atom stereocenters. The van der Waals surface area contributed by atoms with Crippen LogP contribution in [0.25, 0.3) is 0 Å². The van der Waals surface area contributed by atoms with Gasteiger partial charge in [-0.2, -0.15) is 0 Å². The van der Waals surface area contributed by atoms with E-state index in [9.17, 15) is 18.0 Å². The Bertz CT molecular complexity index is 1420. The third-order valence-corrected chi connectivity index (χ3v) is 9.03. The molecular formula is C32H41N3O5S. The van der Waals surface area contributed by atoms with Crippen LogP contribution in [0.15, 0.2) is 77.7 Å². The van der Waals surface area contributed by atoms with Crippen molar-refractivity contribution in [1.29, 1.82) is 0 Å². The minimum atomic E-state index is -4.15. The monoisotopic (exact) mass is 579 g/mol. The van der Waals surface area contributed by atoms with Crippen LogP contribution in [-0.4, -0.2) is 50.9 Å². The molecule has 8 nitrogen and oxygen atoms in total. The van der Waals surface area contributed by atoms with Gasteiger partial charge in [-0.05, 0) is 81.1 Å². The van der Waals surface area contributed by atoms with Gasteiger partial charge in [-0.3, -0.25) is 13.9 Å². The molecule has 0 saturated carbocycles. The summed E-state index contributed by atoms with van der Waals surface area (Å²) in [7, 11) is -2.64. The number of nitrogens with one attached hydrogen (secondary N) is 1. The van der Waals surface area contributed by atoms with Crippen LogP contribution >= 0.6 is 0 Å². The Balaban J connectivity index is 2.06. The molecular weight excluding hydrogens is 538 g/mol. The first-order valence-electron chi connectivity index (χ1n) is 13.9. The maximum atomic E-state index is 14.2. The lowest BCUT2D eigenvalue weighted by Crippen LogP contribution is -2.53. The fourth-order valence-corrected chi connectivity index (χ4v) is 5.86. The molecule has 2 amide bonds. The number of sulfonamides is 1. The molecule has 0 aliphatic rings. The number of nitrogens with zero attached hydrogens (tertiary/aromatic N) is 2. The van der Waals surface area contributed by atoms with Crippen molar-refractivity contribution in [3.63, 3.8) is 0 Å². The number of methoxy groups -OCH3 is 1. The largest absolute Gasteiger partial charge is 0.497 e. The van der Waals surface area contributed by atoms with Crippen molar-refractivity contribution in [3.8, 4) is 5.75 Å². The number of anilines is 1. The predicted molar refractivity (Wildman–Crippen MR) is 162 cm³/mol. The molecule has 1 N–H and O–H groups in total. The van der Waals surface area contributed by atoms with E-state index in [1.807, 2.05) is 58.9 Å². The molecule has 0 aliphatic carbocycles. The van der Waals surface area contributed by atoms with E-state index in [1.165, 1.54) is 24.1 Å². The van der Waals surface area contributed by atoms with E-state index >= 15 is 0 Å². The van der Waals surface area contributed by atoms with Gasteiger partial charge in [-0.25, -0.2) is 8.42 Å². The highest BCUT2D eigenvalue weighted by Gasteiger charge is 2.34. The highest BCUT2D eigenvalue weighted by Crippen LogP contribution is 2.26. The van der Waals surface area contributed by atoms with Crippen LogP contribution in [0.1, 0.15) is 50.3 Å².